The van der Waals surface area contributed by atoms with Gasteiger partial charge in [0.25, 0.3) is 10.0 Å². The van der Waals surface area contributed by atoms with E-state index in [0.29, 0.717) is 28.5 Å². The molecule has 0 saturated carbocycles. The SMILES string of the molecule is COc1ccc(S(=O)(=O)N2N=C(c3cccc(NS(C)(=O)=O)c3)C[C@@H]2c2ccco2)cc1. The van der Waals surface area contributed by atoms with Crippen LogP contribution in [0.3, 0.4) is 0 Å². The van der Waals surface area contributed by atoms with Crippen LogP contribution < -0.4 is 9.46 Å². The Labute approximate surface area is 186 Å². The number of nitrogens with zero attached hydrogens (tertiary/aromatic N) is 2. The molecule has 1 aliphatic heterocycles. The Morgan fingerprint density at radius 2 is 1.81 bits per heavy atom. The summed E-state index contributed by atoms with van der Waals surface area (Å²) in [6.45, 7) is 0. The maximum Gasteiger partial charge on any atom is 0.279 e. The minimum atomic E-state index is -4.00. The molecule has 4 rings (SSSR count). The number of hydrogen-bond donors (Lipinski definition) is 1. The van der Waals surface area contributed by atoms with E-state index in [-0.39, 0.29) is 11.3 Å². The molecule has 0 radical (unpaired) electrons. The van der Waals surface area contributed by atoms with Gasteiger partial charge in [-0.25, -0.2) is 8.42 Å². The van der Waals surface area contributed by atoms with Gasteiger partial charge in [-0.05, 0) is 54.1 Å². The van der Waals surface area contributed by atoms with E-state index in [1.165, 1.54) is 25.5 Å². The highest BCUT2D eigenvalue weighted by atomic mass is 32.2. The van der Waals surface area contributed by atoms with Crippen molar-refractivity contribution in [3.63, 3.8) is 0 Å². The van der Waals surface area contributed by atoms with Crippen molar-refractivity contribution >= 4 is 31.4 Å². The monoisotopic (exact) mass is 475 g/mol. The lowest BCUT2D eigenvalue weighted by molar-refractivity contribution is 0.320. The van der Waals surface area contributed by atoms with Crippen LogP contribution in [0.5, 0.6) is 5.75 Å². The number of benzene rings is 2. The third kappa shape index (κ3) is 4.48. The Morgan fingerprint density at radius 1 is 1.06 bits per heavy atom. The Kier molecular flexibility index (Phi) is 5.70. The van der Waals surface area contributed by atoms with Crippen molar-refractivity contribution in [2.24, 2.45) is 5.10 Å². The summed E-state index contributed by atoms with van der Waals surface area (Å²) in [6, 6.07) is 15.4. The van der Waals surface area contributed by atoms with E-state index >= 15 is 0 Å². The first kappa shape index (κ1) is 21.9. The lowest BCUT2D eigenvalue weighted by Crippen LogP contribution is -2.27. The highest BCUT2D eigenvalue weighted by molar-refractivity contribution is 7.92. The van der Waals surface area contributed by atoms with Crippen LogP contribution in [-0.2, 0) is 20.0 Å². The van der Waals surface area contributed by atoms with Crippen LogP contribution in [0, 0.1) is 0 Å². The fourth-order valence-electron chi connectivity index (χ4n) is 3.41. The van der Waals surface area contributed by atoms with Gasteiger partial charge in [-0.15, -0.1) is 0 Å². The predicted molar refractivity (Wildman–Crippen MR) is 120 cm³/mol. The molecular formula is C21H21N3O6S2. The molecule has 1 atom stereocenters. The zero-order valence-corrected chi connectivity index (χ0v) is 18.9. The Bertz CT molecular complexity index is 1350. The molecule has 0 amide bonds. The first-order valence-electron chi connectivity index (χ1n) is 9.55. The van der Waals surface area contributed by atoms with E-state index in [2.05, 4.69) is 9.82 Å². The van der Waals surface area contributed by atoms with Gasteiger partial charge in [0.1, 0.15) is 17.6 Å². The number of nitrogens with one attached hydrogen (secondary N) is 1. The van der Waals surface area contributed by atoms with Gasteiger partial charge in [-0.3, -0.25) is 4.72 Å². The largest absolute Gasteiger partial charge is 0.497 e. The molecule has 0 unspecified atom stereocenters. The van der Waals surface area contributed by atoms with E-state index in [9.17, 15) is 16.8 Å². The predicted octanol–water partition coefficient (Wildman–Crippen LogP) is 3.20. The lowest BCUT2D eigenvalue weighted by atomic mass is 10.0. The number of ether oxygens (including phenoxy) is 1. The van der Waals surface area contributed by atoms with Crippen molar-refractivity contribution in [3.8, 4) is 5.75 Å². The summed E-state index contributed by atoms with van der Waals surface area (Å²) in [5.74, 6) is 0.985. The van der Waals surface area contributed by atoms with E-state index in [0.717, 1.165) is 10.7 Å². The number of furan rings is 1. The average Bonchev–Trinajstić information content (AvgIpc) is 3.43. The molecule has 168 valence electrons. The topological polar surface area (TPSA) is 118 Å². The molecule has 0 spiro atoms. The number of rotatable bonds is 7. The summed E-state index contributed by atoms with van der Waals surface area (Å²) in [5.41, 5.74) is 1.45. The van der Waals surface area contributed by atoms with Crippen LogP contribution in [0.25, 0.3) is 0 Å². The minimum absolute atomic E-state index is 0.0624. The van der Waals surface area contributed by atoms with Gasteiger partial charge in [-0.2, -0.15) is 17.9 Å². The second kappa shape index (κ2) is 8.32. The lowest BCUT2D eigenvalue weighted by Gasteiger charge is -2.21. The van der Waals surface area contributed by atoms with Crippen LogP contribution >= 0.6 is 0 Å². The first-order valence-corrected chi connectivity index (χ1v) is 12.9. The van der Waals surface area contributed by atoms with Gasteiger partial charge in [0, 0.05) is 12.1 Å². The van der Waals surface area contributed by atoms with E-state index in [1.54, 1.807) is 48.5 Å². The number of sulfonamides is 2. The van der Waals surface area contributed by atoms with Crippen molar-refractivity contribution in [1.29, 1.82) is 0 Å². The molecule has 3 aromatic rings. The van der Waals surface area contributed by atoms with Crippen molar-refractivity contribution in [3.05, 3.63) is 78.3 Å². The molecule has 0 aliphatic carbocycles. The third-order valence-corrected chi connectivity index (χ3v) is 7.15. The maximum absolute atomic E-state index is 13.4. The molecular weight excluding hydrogens is 454 g/mol. The molecule has 0 saturated heterocycles. The molecule has 32 heavy (non-hydrogen) atoms. The van der Waals surface area contributed by atoms with Crippen LogP contribution in [0.15, 0.2) is 81.3 Å². The number of hydrazone groups is 1. The number of anilines is 1. The average molecular weight is 476 g/mol. The van der Waals surface area contributed by atoms with Crippen LogP contribution in [-0.4, -0.2) is 40.3 Å². The minimum Gasteiger partial charge on any atom is -0.497 e. The van der Waals surface area contributed by atoms with Crippen LogP contribution in [0.1, 0.15) is 23.8 Å². The standard InChI is InChI=1S/C21H21N3O6S2/c1-29-17-8-10-18(11-9-17)32(27,28)24-20(21-7-4-12-30-21)14-19(22-24)15-5-3-6-16(13-15)23-31(2,25)26/h3-13,20,23H,14H2,1-2H3/t20-/m1/s1. The smallest absolute Gasteiger partial charge is 0.279 e. The van der Waals surface area contributed by atoms with Crippen LogP contribution in [0.4, 0.5) is 5.69 Å². The highest BCUT2D eigenvalue weighted by Crippen LogP contribution is 2.37. The highest BCUT2D eigenvalue weighted by Gasteiger charge is 2.39. The Balaban J connectivity index is 1.74. The quantitative estimate of drug-likeness (QED) is 0.561. The Morgan fingerprint density at radius 3 is 2.44 bits per heavy atom. The van der Waals surface area contributed by atoms with Gasteiger partial charge in [0.05, 0.1) is 30.2 Å². The van der Waals surface area contributed by atoms with Crippen LogP contribution in [0.2, 0.25) is 0 Å². The van der Waals surface area contributed by atoms with E-state index in [4.69, 9.17) is 9.15 Å². The van der Waals surface area contributed by atoms with Gasteiger partial charge in [0.15, 0.2) is 0 Å². The zero-order valence-electron chi connectivity index (χ0n) is 17.3. The molecule has 9 nitrogen and oxygen atoms in total. The second-order valence-corrected chi connectivity index (χ2v) is 10.7. The fourth-order valence-corrected chi connectivity index (χ4v) is 5.38. The van der Waals surface area contributed by atoms with Gasteiger partial charge < -0.3 is 9.15 Å². The van der Waals surface area contributed by atoms with Crippen molar-refractivity contribution in [1.82, 2.24) is 4.41 Å². The maximum atomic E-state index is 13.4. The number of hydrogen-bond acceptors (Lipinski definition) is 7. The summed E-state index contributed by atoms with van der Waals surface area (Å²) in [5, 5.41) is 4.42. The molecule has 1 aliphatic rings. The van der Waals surface area contributed by atoms with E-state index < -0.39 is 26.1 Å². The van der Waals surface area contributed by atoms with Gasteiger partial charge in [-0.1, -0.05) is 12.1 Å². The molecule has 1 aromatic heterocycles. The molecule has 0 bridgehead atoms. The Hall–Kier alpha value is -3.31. The molecule has 0 fully saturated rings. The van der Waals surface area contributed by atoms with E-state index in [1.807, 2.05) is 0 Å². The normalized spacial score (nSPS) is 16.6. The van der Waals surface area contributed by atoms with Crippen molar-refractivity contribution in [2.45, 2.75) is 17.4 Å². The summed E-state index contributed by atoms with van der Waals surface area (Å²) in [7, 11) is -5.96. The fraction of sp³-hybridized carbons (Fsp3) is 0.190. The van der Waals surface area contributed by atoms with Gasteiger partial charge in [0.2, 0.25) is 10.0 Å². The molecule has 2 aromatic carbocycles. The van der Waals surface area contributed by atoms with Gasteiger partial charge >= 0.3 is 0 Å². The van der Waals surface area contributed by atoms with Crippen molar-refractivity contribution < 1.29 is 26.0 Å². The summed E-state index contributed by atoms with van der Waals surface area (Å²) < 4.78 is 64.0. The molecule has 1 N–H and O–H groups in total. The summed E-state index contributed by atoms with van der Waals surface area (Å²) in [6.07, 6.45) is 2.79. The molecule has 11 heteroatoms. The third-order valence-electron chi connectivity index (χ3n) is 4.85. The van der Waals surface area contributed by atoms with Crippen molar-refractivity contribution in [2.75, 3.05) is 18.1 Å². The zero-order chi connectivity index (χ0) is 22.9. The number of methoxy groups -OCH3 is 1. The summed E-state index contributed by atoms with van der Waals surface area (Å²) in [4.78, 5) is 0.0624. The molecule has 2 heterocycles. The first-order chi connectivity index (χ1) is 15.2. The summed E-state index contributed by atoms with van der Waals surface area (Å²) >= 11 is 0. The second-order valence-electron chi connectivity index (χ2n) is 7.19.